The number of ether oxygens (including phenoxy) is 3. The zero-order valence-corrected chi connectivity index (χ0v) is 44.5. The number of alkyl carbamates (subject to hydrolysis) is 2. The summed E-state index contributed by atoms with van der Waals surface area (Å²) >= 11 is 0. The molecular weight excluding hydrogens is 967 g/mol. The van der Waals surface area contributed by atoms with Gasteiger partial charge in [-0.05, 0) is 147 Å². The van der Waals surface area contributed by atoms with Crippen LogP contribution in [0, 0.1) is 0 Å². The van der Waals surface area contributed by atoms with Crippen molar-refractivity contribution in [2.75, 3.05) is 26.3 Å². The van der Waals surface area contributed by atoms with Gasteiger partial charge in [0, 0.05) is 83.1 Å². The Kier molecular flexibility index (Phi) is 20.2. The van der Waals surface area contributed by atoms with Crippen molar-refractivity contribution in [3.05, 3.63) is 209 Å². The van der Waals surface area contributed by atoms with E-state index in [2.05, 4.69) is 88.2 Å². The summed E-state index contributed by atoms with van der Waals surface area (Å²) < 4.78 is 17.8. The van der Waals surface area contributed by atoms with E-state index >= 15 is 0 Å². The lowest BCUT2D eigenvalue weighted by molar-refractivity contribution is -0.123. The Hall–Kier alpha value is -8.01. The van der Waals surface area contributed by atoms with Crippen LogP contribution >= 0.6 is 0 Å². The molecule has 0 fully saturated rings. The molecule has 0 spiro atoms. The molecule has 77 heavy (non-hydrogen) atoms. The zero-order valence-electron chi connectivity index (χ0n) is 44.5. The van der Waals surface area contributed by atoms with E-state index in [4.69, 9.17) is 14.2 Å². The lowest BCUT2D eigenvalue weighted by Gasteiger charge is -2.25. The van der Waals surface area contributed by atoms with E-state index in [1.54, 1.807) is 0 Å². The number of nitrogens with zero attached hydrogens (tertiary/aromatic N) is 6. The normalized spacial score (nSPS) is 12.4. The van der Waals surface area contributed by atoms with Crippen molar-refractivity contribution in [1.82, 2.24) is 45.7 Å². The molecule has 3 aromatic carbocycles. The second-order valence-corrected chi connectivity index (χ2v) is 20.4. The van der Waals surface area contributed by atoms with Gasteiger partial charge in [-0.2, -0.15) is 0 Å². The van der Waals surface area contributed by atoms with Crippen molar-refractivity contribution >= 4 is 18.1 Å². The molecule has 4 heterocycles. The molecule has 3 amide bonds. The number of hydrogen-bond donors (Lipinski definition) is 3. The fraction of sp³-hybridized carbons (Fsp3) is 0.339. The minimum Gasteiger partial charge on any atom is -0.494 e. The van der Waals surface area contributed by atoms with E-state index in [0.29, 0.717) is 91.1 Å². The van der Waals surface area contributed by atoms with E-state index in [9.17, 15) is 14.4 Å². The number of carbonyl (C=O) groups excluding carboxylic acids is 3. The highest BCUT2D eigenvalue weighted by Crippen LogP contribution is 2.44. The third kappa shape index (κ3) is 17.8. The highest BCUT2D eigenvalue weighted by Gasteiger charge is 2.30. The molecule has 0 radical (unpaired) electrons. The minimum atomic E-state index is -0.852. The Bertz CT molecular complexity index is 2710. The average Bonchev–Trinajstić information content (AvgIpc) is 3.82. The predicted octanol–water partition coefficient (Wildman–Crippen LogP) is 10.5. The number of carbonyl (C=O) groups is 3. The molecule has 15 heteroatoms. The third-order valence-corrected chi connectivity index (χ3v) is 13.0. The van der Waals surface area contributed by atoms with Gasteiger partial charge in [0.05, 0.1) is 29.4 Å². The molecule has 7 aromatic rings. The quantitative estimate of drug-likeness (QED) is 0.0417. The van der Waals surface area contributed by atoms with Crippen LogP contribution in [0.3, 0.4) is 0 Å². The van der Waals surface area contributed by atoms with Crippen molar-refractivity contribution < 1.29 is 28.6 Å². The van der Waals surface area contributed by atoms with Crippen LogP contribution in [0.15, 0.2) is 164 Å². The Morgan fingerprint density at radius 2 is 1.01 bits per heavy atom. The summed E-state index contributed by atoms with van der Waals surface area (Å²) in [6.07, 6.45) is 8.91. The van der Waals surface area contributed by atoms with Crippen LogP contribution in [-0.2, 0) is 53.5 Å². The number of aromatic nitrogens is 4. The van der Waals surface area contributed by atoms with Gasteiger partial charge < -0.3 is 30.2 Å². The second kappa shape index (κ2) is 28.2. The molecule has 0 aliphatic heterocycles. The molecule has 400 valence electrons. The molecule has 0 saturated heterocycles. The summed E-state index contributed by atoms with van der Waals surface area (Å²) in [5, 5.41) is 8.68. The van der Waals surface area contributed by atoms with Gasteiger partial charge in [-0.3, -0.25) is 34.5 Å². The first-order chi connectivity index (χ1) is 37.5. The van der Waals surface area contributed by atoms with Crippen molar-refractivity contribution in [3.8, 4) is 16.9 Å². The van der Waals surface area contributed by atoms with Gasteiger partial charge in [-0.15, -0.1) is 0 Å². The van der Waals surface area contributed by atoms with Gasteiger partial charge in [0.15, 0.2) is 0 Å². The fourth-order valence-electron chi connectivity index (χ4n) is 9.51. The van der Waals surface area contributed by atoms with Crippen molar-refractivity contribution in [2.45, 2.75) is 110 Å². The van der Waals surface area contributed by atoms with Crippen LogP contribution in [-0.4, -0.2) is 85.8 Å². The summed E-state index contributed by atoms with van der Waals surface area (Å²) in [6, 6.07) is 45.9. The highest BCUT2D eigenvalue weighted by atomic mass is 16.6. The number of pyridine rings is 4. The van der Waals surface area contributed by atoms with Crippen molar-refractivity contribution in [1.29, 1.82) is 0 Å². The van der Waals surface area contributed by atoms with E-state index in [-0.39, 0.29) is 18.4 Å². The Morgan fingerprint density at radius 1 is 0.545 bits per heavy atom. The van der Waals surface area contributed by atoms with Crippen LogP contribution in [0.5, 0.6) is 5.75 Å². The number of amides is 3. The summed E-state index contributed by atoms with van der Waals surface area (Å²) in [5.74, 6) is 0.323. The molecule has 4 aromatic heterocycles. The monoisotopic (exact) mass is 1040 g/mol. The lowest BCUT2D eigenvalue weighted by atomic mass is 9.98. The molecule has 0 saturated carbocycles. The topological polar surface area (TPSA) is 173 Å². The Morgan fingerprint density at radius 3 is 1.49 bits per heavy atom. The maximum absolute atomic E-state index is 13.8. The first kappa shape index (κ1) is 55.2. The summed E-state index contributed by atoms with van der Waals surface area (Å²) in [4.78, 5) is 62.8. The van der Waals surface area contributed by atoms with E-state index < -0.39 is 23.8 Å². The van der Waals surface area contributed by atoms with Gasteiger partial charge in [-0.25, -0.2) is 9.59 Å². The molecular formula is C62H71N9O6. The molecule has 1 aliphatic carbocycles. The van der Waals surface area contributed by atoms with Crippen LogP contribution < -0.4 is 20.7 Å². The molecule has 3 N–H and O–H groups in total. The zero-order chi connectivity index (χ0) is 53.7. The smallest absolute Gasteiger partial charge is 0.407 e. The van der Waals surface area contributed by atoms with Crippen LogP contribution in [0.2, 0.25) is 0 Å². The average molecular weight is 1040 g/mol. The van der Waals surface area contributed by atoms with Gasteiger partial charge in [0.2, 0.25) is 5.91 Å². The predicted molar refractivity (Wildman–Crippen MR) is 297 cm³/mol. The molecule has 1 atom stereocenters. The molecule has 0 bridgehead atoms. The maximum Gasteiger partial charge on any atom is 0.407 e. The van der Waals surface area contributed by atoms with Crippen molar-refractivity contribution in [3.63, 3.8) is 0 Å². The molecule has 0 unspecified atom stereocenters. The maximum atomic E-state index is 13.8. The van der Waals surface area contributed by atoms with Crippen LogP contribution in [0.25, 0.3) is 11.1 Å². The minimum absolute atomic E-state index is 0.121. The first-order valence-electron chi connectivity index (χ1n) is 26.7. The van der Waals surface area contributed by atoms with Gasteiger partial charge in [0.25, 0.3) is 0 Å². The lowest BCUT2D eigenvalue weighted by Crippen LogP contribution is -2.47. The van der Waals surface area contributed by atoms with Crippen molar-refractivity contribution in [2.24, 2.45) is 0 Å². The van der Waals surface area contributed by atoms with E-state index in [1.807, 2.05) is 143 Å². The van der Waals surface area contributed by atoms with E-state index in [0.717, 1.165) is 61.9 Å². The Labute approximate surface area is 452 Å². The summed E-state index contributed by atoms with van der Waals surface area (Å²) in [7, 11) is 0. The number of unbranched alkanes of at least 4 members (excludes halogenated alkanes) is 2. The molecule has 15 nitrogen and oxygen atoms in total. The van der Waals surface area contributed by atoms with Crippen LogP contribution in [0.4, 0.5) is 9.59 Å². The number of rotatable bonds is 27. The molecule has 1 aliphatic rings. The Balaban J connectivity index is 0.908. The third-order valence-electron chi connectivity index (χ3n) is 13.0. The van der Waals surface area contributed by atoms with Gasteiger partial charge in [-0.1, -0.05) is 78.9 Å². The number of nitrogens with one attached hydrogen (secondary N) is 3. The summed E-state index contributed by atoms with van der Waals surface area (Å²) in [5.41, 5.74) is 9.88. The largest absolute Gasteiger partial charge is 0.494 e. The van der Waals surface area contributed by atoms with Gasteiger partial charge in [0.1, 0.15) is 24.0 Å². The number of benzene rings is 3. The fourth-order valence-corrected chi connectivity index (χ4v) is 9.51. The summed E-state index contributed by atoms with van der Waals surface area (Å²) in [6.45, 7) is 10.5. The standard InChI is InChI=1S/C62H71N9O6/c1-62(2,3)77-60(73)68-34-17-12-28-58(69-61(74)76-45-57-55-26-6-4-24-53(55)54-25-5-7-27-56(54)57)59(72)67-33-18-19-35-75-52-37-46(39-70(41-48-20-8-13-29-63-48)42-49-21-9-14-30-64-49)36-47(38-52)40-71(43-50-22-10-15-31-65-50)44-51-23-11-16-32-66-51/h4-11,13-16,20-27,29-32,36-38,57-58H,12,17-19,28,33-35,39-45H2,1-3H3,(H,67,72)(H,68,73)(H,69,74)/t58-/m0/s1. The number of fused-ring (bicyclic) bond motifs is 3. The van der Waals surface area contributed by atoms with Crippen LogP contribution in [0.1, 0.15) is 104 Å². The number of hydrogen-bond acceptors (Lipinski definition) is 12. The first-order valence-corrected chi connectivity index (χ1v) is 26.7. The highest BCUT2D eigenvalue weighted by molar-refractivity contribution is 5.85. The van der Waals surface area contributed by atoms with Gasteiger partial charge >= 0.3 is 12.2 Å². The second-order valence-electron chi connectivity index (χ2n) is 20.4. The molecule has 8 rings (SSSR count). The van der Waals surface area contributed by atoms with E-state index in [1.165, 1.54) is 0 Å². The SMILES string of the molecule is CC(C)(C)OC(=O)NCCCC[C@H](NC(=O)OCC1c2ccccc2-c2ccccc21)C(=O)NCCCCOc1cc(CN(Cc2ccccn2)Cc2ccccn2)cc(CN(Cc2ccccn2)Cc2ccccn2)c1.